The maximum Gasteiger partial charge on any atom is 0.191 e. The third-order valence-corrected chi connectivity index (χ3v) is 4.74. The number of rotatable bonds is 12. The topological polar surface area (TPSA) is 64.1 Å². The number of unbranched alkanes of at least 4 members (excludes halogenated alkanes) is 2. The summed E-state index contributed by atoms with van der Waals surface area (Å²) in [6.45, 7) is 8.79. The van der Waals surface area contributed by atoms with Gasteiger partial charge in [0, 0.05) is 39.0 Å². The Morgan fingerprint density at radius 2 is 2.14 bits per heavy atom. The summed E-state index contributed by atoms with van der Waals surface area (Å²) in [4.78, 5) is 4.75. The van der Waals surface area contributed by atoms with Gasteiger partial charge in [0.1, 0.15) is 12.4 Å². The normalized spacial score (nSPS) is 17.0. The van der Waals surface area contributed by atoms with Crippen LogP contribution in [0.5, 0.6) is 5.75 Å². The molecule has 1 heterocycles. The number of methoxy groups -OCH3 is 1. The molecule has 0 spiro atoms. The Morgan fingerprint density at radius 3 is 2.89 bits per heavy atom. The number of aryl methyl sites for hydroxylation is 1. The van der Waals surface area contributed by atoms with Gasteiger partial charge in [0.2, 0.25) is 0 Å². The maximum absolute atomic E-state index is 6.08. The van der Waals surface area contributed by atoms with Crippen molar-refractivity contribution in [3.8, 4) is 5.75 Å². The van der Waals surface area contributed by atoms with Gasteiger partial charge in [-0.25, -0.2) is 4.99 Å². The minimum Gasteiger partial charge on any atom is -0.491 e. The first-order valence-corrected chi connectivity index (χ1v) is 10.6. The monoisotopic (exact) mass is 391 g/mol. The van der Waals surface area contributed by atoms with Crippen molar-refractivity contribution in [3.05, 3.63) is 29.3 Å². The Morgan fingerprint density at radius 1 is 1.25 bits per heavy atom. The van der Waals surface area contributed by atoms with E-state index >= 15 is 0 Å². The number of nitrogens with one attached hydrogen (secondary N) is 2. The van der Waals surface area contributed by atoms with E-state index in [4.69, 9.17) is 19.2 Å². The molecule has 1 saturated heterocycles. The first-order chi connectivity index (χ1) is 13.7. The van der Waals surface area contributed by atoms with Crippen LogP contribution in [0, 0.1) is 6.92 Å². The zero-order valence-electron chi connectivity index (χ0n) is 17.8. The van der Waals surface area contributed by atoms with Crippen molar-refractivity contribution in [1.82, 2.24) is 10.6 Å². The minimum absolute atomic E-state index is 0.217. The van der Waals surface area contributed by atoms with Gasteiger partial charge >= 0.3 is 0 Å². The number of aliphatic imine (C=N–C) groups is 1. The Balaban J connectivity index is 1.88. The van der Waals surface area contributed by atoms with Crippen LogP contribution in [0.4, 0.5) is 0 Å². The molecular formula is C22H37N3O3. The van der Waals surface area contributed by atoms with Crippen LogP contribution in [-0.2, 0) is 16.0 Å². The standard InChI is InChI=1S/C22H37N3O3/c1-4-23-22(24-12-6-5-7-13-26-3)25-16-19-11-10-18(2)15-21(19)28-17-20-9-8-14-27-20/h10-11,15,20H,4-9,12-14,16-17H2,1-3H3,(H2,23,24,25). The van der Waals surface area contributed by atoms with Crippen LogP contribution in [0.2, 0.25) is 0 Å². The molecule has 1 aliphatic heterocycles. The molecule has 0 amide bonds. The molecule has 1 atom stereocenters. The van der Waals surface area contributed by atoms with Crippen LogP contribution >= 0.6 is 0 Å². The third-order valence-electron chi connectivity index (χ3n) is 4.74. The Kier molecular flexibility index (Phi) is 10.8. The van der Waals surface area contributed by atoms with E-state index in [0.29, 0.717) is 13.2 Å². The van der Waals surface area contributed by atoms with Crippen molar-refractivity contribution in [2.24, 2.45) is 4.99 Å². The summed E-state index contributed by atoms with van der Waals surface area (Å²) in [6.07, 6.45) is 5.78. The fraction of sp³-hybridized carbons (Fsp3) is 0.682. The number of nitrogens with zero attached hydrogens (tertiary/aromatic N) is 1. The fourth-order valence-corrected chi connectivity index (χ4v) is 3.15. The Hall–Kier alpha value is -1.79. The molecular weight excluding hydrogens is 354 g/mol. The molecule has 1 aromatic rings. The lowest BCUT2D eigenvalue weighted by Crippen LogP contribution is -2.37. The SMILES string of the molecule is CCNC(=NCc1ccc(C)cc1OCC1CCCO1)NCCCCCOC. The van der Waals surface area contributed by atoms with Gasteiger partial charge in [-0.1, -0.05) is 12.1 Å². The first kappa shape index (κ1) is 22.5. The quantitative estimate of drug-likeness (QED) is 0.325. The van der Waals surface area contributed by atoms with Crippen LogP contribution in [0.1, 0.15) is 50.2 Å². The van der Waals surface area contributed by atoms with E-state index in [1.165, 1.54) is 5.56 Å². The van der Waals surface area contributed by atoms with Gasteiger partial charge in [-0.15, -0.1) is 0 Å². The summed E-state index contributed by atoms with van der Waals surface area (Å²) in [7, 11) is 1.75. The number of benzene rings is 1. The average Bonchev–Trinajstić information content (AvgIpc) is 3.21. The van der Waals surface area contributed by atoms with Crippen LogP contribution in [-0.4, -0.2) is 52.1 Å². The Labute approximate surface area is 170 Å². The van der Waals surface area contributed by atoms with Crippen molar-refractivity contribution in [3.63, 3.8) is 0 Å². The van der Waals surface area contributed by atoms with Crippen molar-refractivity contribution in [2.45, 2.75) is 58.6 Å². The van der Waals surface area contributed by atoms with E-state index in [1.54, 1.807) is 7.11 Å². The van der Waals surface area contributed by atoms with Crippen LogP contribution < -0.4 is 15.4 Å². The predicted molar refractivity (Wildman–Crippen MR) is 114 cm³/mol. The Bertz CT molecular complexity index is 586. The van der Waals surface area contributed by atoms with E-state index in [1.807, 2.05) is 0 Å². The first-order valence-electron chi connectivity index (χ1n) is 10.6. The second kappa shape index (κ2) is 13.4. The van der Waals surface area contributed by atoms with E-state index in [2.05, 4.69) is 42.7 Å². The molecule has 6 heteroatoms. The minimum atomic E-state index is 0.217. The fourth-order valence-electron chi connectivity index (χ4n) is 3.15. The lowest BCUT2D eigenvalue weighted by Gasteiger charge is -2.15. The van der Waals surface area contributed by atoms with E-state index in [9.17, 15) is 0 Å². The van der Waals surface area contributed by atoms with Crippen molar-refractivity contribution in [2.75, 3.05) is 40.0 Å². The van der Waals surface area contributed by atoms with Gasteiger partial charge in [-0.3, -0.25) is 0 Å². The smallest absolute Gasteiger partial charge is 0.191 e. The second-order valence-electron chi connectivity index (χ2n) is 7.23. The highest BCUT2D eigenvalue weighted by Gasteiger charge is 2.17. The van der Waals surface area contributed by atoms with Crippen molar-refractivity contribution >= 4 is 5.96 Å². The summed E-state index contributed by atoms with van der Waals surface area (Å²) < 4.78 is 16.8. The van der Waals surface area contributed by atoms with E-state index in [-0.39, 0.29) is 6.10 Å². The van der Waals surface area contributed by atoms with Gasteiger partial charge in [-0.05, 0) is 57.6 Å². The number of ether oxygens (including phenoxy) is 3. The molecule has 6 nitrogen and oxygen atoms in total. The van der Waals surface area contributed by atoms with Crippen LogP contribution in [0.25, 0.3) is 0 Å². The van der Waals surface area contributed by atoms with Crippen LogP contribution in [0.15, 0.2) is 23.2 Å². The maximum atomic E-state index is 6.08. The van der Waals surface area contributed by atoms with Crippen molar-refractivity contribution in [1.29, 1.82) is 0 Å². The molecule has 0 radical (unpaired) electrons. The zero-order valence-corrected chi connectivity index (χ0v) is 17.8. The molecule has 1 aromatic carbocycles. The van der Waals surface area contributed by atoms with E-state index in [0.717, 1.165) is 75.7 Å². The molecule has 1 aliphatic rings. The van der Waals surface area contributed by atoms with Gasteiger partial charge in [-0.2, -0.15) is 0 Å². The van der Waals surface area contributed by atoms with Gasteiger partial charge in [0.25, 0.3) is 0 Å². The third kappa shape index (κ3) is 8.48. The van der Waals surface area contributed by atoms with Gasteiger partial charge in [0.05, 0.1) is 12.6 Å². The van der Waals surface area contributed by atoms with E-state index < -0.39 is 0 Å². The summed E-state index contributed by atoms with van der Waals surface area (Å²) in [5.74, 6) is 1.76. The molecule has 0 aliphatic carbocycles. The number of hydrogen-bond acceptors (Lipinski definition) is 4. The molecule has 1 unspecified atom stereocenters. The van der Waals surface area contributed by atoms with Gasteiger partial charge in [0.15, 0.2) is 5.96 Å². The molecule has 158 valence electrons. The van der Waals surface area contributed by atoms with Gasteiger partial charge < -0.3 is 24.8 Å². The molecule has 0 bridgehead atoms. The average molecular weight is 392 g/mol. The molecule has 2 N–H and O–H groups in total. The largest absolute Gasteiger partial charge is 0.491 e. The highest BCUT2D eigenvalue weighted by atomic mass is 16.5. The van der Waals surface area contributed by atoms with Crippen LogP contribution in [0.3, 0.4) is 0 Å². The zero-order chi connectivity index (χ0) is 20.0. The molecule has 0 saturated carbocycles. The summed E-state index contributed by atoms with van der Waals surface area (Å²) in [5, 5.41) is 6.73. The highest BCUT2D eigenvalue weighted by Crippen LogP contribution is 2.23. The lowest BCUT2D eigenvalue weighted by molar-refractivity contribution is 0.0676. The highest BCUT2D eigenvalue weighted by molar-refractivity contribution is 5.79. The number of guanidine groups is 1. The second-order valence-corrected chi connectivity index (χ2v) is 7.23. The molecule has 0 aromatic heterocycles. The molecule has 28 heavy (non-hydrogen) atoms. The summed E-state index contributed by atoms with van der Waals surface area (Å²) >= 11 is 0. The van der Waals surface area contributed by atoms with Crippen molar-refractivity contribution < 1.29 is 14.2 Å². The lowest BCUT2D eigenvalue weighted by atomic mass is 10.1. The number of hydrogen-bond donors (Lipinski definition) is 2. The molecule has 1 fully saturated rings. The summed E-state index contributed by atoms with van der Waals surface area (Å²) in [6, 6.07) is 6.31. The summed E-state index contributed by atoms with van der Waals surface area (Å²) in [5.41, 5.74) is 2.29. The predicted octanol–water partition coefficient (Wildman–Crippen LogP) is 3.42. The molecule has 2 rings (SSSR count).